The number of nitro groups is 1. The van der Waals surface area contributed by atoms with Gasteiger partial charge in [0.1, 0.15) is 23.9 Å². The summed E-state index contributed by atoms with van der Waals surface area (Å²) in [7, 11) is 0. The van der Waals surface area contributed by atoms with Crippen LogP contribution in [0.2, 0.25) is 0 Å². The van der Waals surface area contributed by atoms with Crippen LogP contribution in [-0.2, 0) is 16.2 Å². The summed E-state index contributed by atoms with van der Waals surface area (Å²) in [6, 6.07) is 13.5. The van der Waals surface area contributed by atoms with E-state index in [1.165, 1.54) is 30.3 Å². The highest BCUT2D eigenvalue weighted by molar-refractivity contribution is 5.98. The minimum atomic E-state index is -0.873. The largest absolute Gasteiger partial charge is 0.486 e. The van der Waals surface area contributed by atoms with Crippen molar-refractivity contribution in [1.82, 2.24) is 0 Å². The Morgan fingerprint density at radius 1 is 1.03 bits per heavy atom. The van der Waals surface area contributed by atoms with Crippen molar-refractivity contribution in [3.8, 4) is 11.5 Å². The van der Waals surface area contributed by atoms with Gasteiger partial charge in [-0.3, -0.25) is 14.9 Å². The smallest absolute Gasteiger partial charge is 0.400 e. The van der Waals surface area contributed by atoms with Gasteiger partial charge in [-0.2, -0.15) is 0 Å². The molecule has 3 rings (SSSR count). The van der Waals surface area contributed by atoms with Crippen molar-refractivity contribution < 1.29 is 33.2 Å². The molecule has 0 radical (unpaired) electrons. The average Bonchev–Trinajstić information content (AvgIpc) is 3.29. The third-order valence-corrected chi connectivity index (χ3v) is 4.37. The number of primary amides is 1. The predicted molar refractivity (Wildman–Crippen MR) is 118 cm³/mol. The minimum absolute atomic E-state index is 0.0115. The summed E-state index contributed by atoms with van der Waals surface area (Å²) < 4.78 is 16.1. The van der Waals surface area contributed by atoms with Gasteiger partial charge in [0, 0.05) is 17.2 Å². The zero-order valence-corrected chi connectivity index (χ0v) is 17.9. The van der Waals surface area contributed by atoms with Gasteiger partial charge in [0.2, 0.25) is 5.76 Å². The van der Waals surface area contributed by atoms with Gasteiger partial charge in [-0.25, -0.2) is 4.79 Å². The third-order valence-electron chi connectivity index (χ3n) is 4.37. The lowest BCUT2D eigenvalue weighted by Crippen LogP contribution is -2.20. The summed E-state index contributed by atoms with van der Waals surface area (Å²) in [6.45, 7) is 1.33. The highest BCUT2D eigenvalue weighted by Gasteiger charge is 2.15. The summed E-state index contributed by atoms with van der Waals surface area (Å²) in [4.78, 5) is 38.1. The molecular formula is C22H20N4O8. The molecule has 0 bridgehead atoms. The van der Waals surface area contributed by atoms with E-state index < -0.39 is 16.8 Å². The summed E-state index contributed by atoms with van der Waals surface area (Å²) in [6.07, 6.45) is 0. The Bertz CT molecular complexity index is 1230. The van der Waals surface area contributed by atoms with E-state index in [2.05, 4.69) is 5.16 Å². The number of furan rings is 1. The van der Waals surface area contributed by atoms with Crippen LogP contribution in [0.1, 0.15) is 27.4 Å². The van der Waals surface area contributed by atoms with E-state index in [9.17, 15) is 19.7 Å². The fourth-order valence-corrected chi connectivity index (χ4v) is 2.71. The second kappa shape index (κ2) is 10.6. The van der Waals surface area contributed by atoms with Crippen LogP contribution in [0.3, 0.4) is 0 Å². The number of amidine groups is 1. The van der Waals surface area contributed by atoms with Crippen LogP contribution in [0.5, 0.6) is 11.5 Å². The molecule has 12 nitrogen and oxygen atoms in total. The number of ether oxygens (including phenoxy) is 2. The molecule has 0 spiro atoms. The van der Waals surface area contributed by atoms with Crippen molar-refractivity contribution in [1.29, 1.82) is 0 Å². The number of aryl methyl sites for hydroxylation is 1. The van der Waals surface area contributed by atoms with E-state index in [1.54, 1.807) is 31.2 Å². The van der Waals surface area contributed by atoms with Gasteiger partial charge < -0.3 is 30.2 Å². The Kier molecular flexibility index (Phi) is 7.44. The quantitative estimate of drug-likeness (QED) is 0.148. The van der Waals surface area contributed by atoms with Crippen molar-refractivity contribution in [2.75, 3.05) is 6.61 Å². The Labute approximate surface area is 192 Å². The van der Waals surface area contributed by atoms with E-state index in [0.29, 0.717) is 28.4 Å². The lowest BCUT2D eigenvalue weighted by Gasteiger charge is -2.05. The van der Waals surface area contributed by atoms with E-state index in [4.69, 9.17) is 30.2 Å². The highest BCUT2D eigenvalue weighted by Crippen LogP contribution is 2.24. The van der Waals surface area contributed by atoms with Gasteiger partial charge >= 0.3 is 5.97 Å². The third kappa shape index (κ3) is 6.32. The number of carbonyl (C=O) groups excluding carboxylic acids is 2. The number of benzene rings is 2. The zero-order chi connectivity index (χ0) is 24.7. The SMILES string of the molecule is Cc1cc(OCc2ccc(C(=O)O/N=C(\N)c3ccc(OCC(N)=O)cc3)o2)ccc1[N+](=O)[O-]. The van der Waals surface area contributed by atoms with E-state index >= 15 is 0 Å². The molecule has 0 fully saturated rings. The van der Waals surface area contributed by atoms with Crippen molar-refractivity contribution >= 4 is 23.4 Å². The first-order valence-corrected chi connectivity index (χ1v) is 9.76. The first kappa shape index (κ1) is 23.8. The number of amides is 1. The molecule has 0 unspecified atom stereocenters. The van der Waals surface area contributed by atoms with Gasteiger partial charge in [-0.1, -0.05) is 5.16 Å². The van der Waals surface area contributed by atoms with Gasteiger partial charge in [0.15, 0.2) is 12.4 Å². The molecule has 1 amide bonds. The Morgan fingerprint density at radius 3 is 2.38 bits per heavy atom. The molecule has 0 aliphatic rings. The monoisotopic (exact) mass is 468 g/mol. The molecule has 34 heavy (non-hydrogen) atoms. The van der Waals surface area contributed by atoms with Crippen LogP contribution in [0, 0.1) is 17.0 Å². The van der Waals surface area contributed by atoms with Gasteiger partial charge in [0.25, 0.3) is 11.6 Å². The molecule has 12 heteroatoms. The van der Waals surface area contributed by atoms with Crippen LogP contribution in [0.15, 0.2) is 64.2 Å². The maximum atomic E-state index is 12.2. The van der Waals surface area contributed by atoms with E-state index in [-0.39, 0.29) is 30.5 Å². The summed E-state index contributed by atoms with van der Waals surface area (Å²) >= 11 is 0. The molecule has 4 N–H and O–H groups in total. The minimum Gasteiger partial charge on any atom is -0.486 e. The highest BCUT2D eigenvalue weighted by atomic mass is 16.7. The second-order valence-electron chi connectivity index (χ2n) is 6.89. The topological polar surface area (TPSA) is 183 Å². The van der Waals surface area contributed by atoms with Crippen molar-refractivity contribution in [2.45, 2.75) is 13.5 Å². The lowest BCUT2D eigenvalue weighted by atomic mass is 10.2. The zero-order valence-electron chi connectivity index (χ0n) is 17.9. The molecule has 0 atom stereocenters. The van der Waals surface area contributed by atoms with Gasteiger partial charge in [-0.15, -0.1) is 0 Å². The summed E-state index contributed by atoms with van der Waals surface area (Å²) in [5.41, 5.74) is 11.7. The van der Waals surface area contributed by atoms with Gasteiger partial charge in [-0.05, 0) is 55.5 Å². The molecule has 0 saturated carbocycles. The molecule has 3 aromatic rings. The number of nitrogens with zero attached hydrogens (tertiary/aromatic N) is 2. The maximum absolute atomic E-state index is 12.2. The molecular weight excluding hydrogens is 448 g/mol. The van der Waals surface area contributed by atoms with Crippen LogP contribution < -0.4 is 20.9 Å². The number of hydrogen-bond donors (Lipinski definition) is 2. The van der Waals surface area contributed by atoms with Crippen molar-refractivity contribution in [2.24, 2.45) is 16.6 Å². The van der Waals surface area contributed by atoms with Crippen LogP contribution in [-0.4, -0.2) is 29.2 Å². The molecule has 1 aromatic heterocycles. The van der Waals surface area contributed by atoms with E-state index in [1.807, 2.05) is 0 Å². The van der Waals surface area contributed by atoms with Crippen LogP contribution in [0.4, 0.5) is 5.69 Å². The number of carbonyl (C=O) groups is 2. The maximum Gasteiger partial charge on any atom is 0.400 e. The molecule has 0 aliphatic heterocycles. The Hall–Kier alpha value is -4.87. The van der Waals surface area contributed by atoms with Crippen molar-refractivity contribution in [3.05, 3.63) is 87.4 Å². The number of rotatable bonds is 10. The average molecular weight is 468 g/mol. The molecule has 1 heterocycles. The summed E-state index contributed by atoms with van der Waals surface area (Å²) in [5, 5.41) is 14.5. The molecule has 0 saturated heterocycles. The molecule has 2 aromatic carbocycles. The van der Waals surface area contributed by atoms with Crippen LogP contribution in [0.25, 0.3) is 0 Å². The first-order valence-electron chi connectivity index (χ1n) is 9.76. The predicted octanol–water partition coefficient (Wildman–Crippen LogP) is 2.42. The lowest BCUT2D eigenvalue weighted by molar-refractivity contribution is -0.385. The van der Waals surface area contributed by atoms with Gasteiger partial charge in [0.05, 0.1) is 4.92 Å². The molecule has 176 valence electrons. The number of hydrogen-bond acceptors (Lipinski definition) is 9. The van der Waals surface area contributed by atoms with E-state index in [0.717, 1.165) is 0 Å². The number of nitrogens with two attached hydrogens (primary N) is 2. The second-order valence-corrected chi connectivity index (χ2v) is 6.89. The first-order chi connectivity index (χ1) is 16.2. The fraction of sp³-hybridized carbons (Fsp3) is 0.136. The number of oxime groups is 1. The fourth-order valence-electron chi connectivity index (χ4n) is 2.71. The standard InChI is InChI=1S/C22H20N4O8/c1-13-10-16(6-8-18(13)26(29)30)31-11-17-7-9-19(33-17)22(28)34-25-21(24)14-2-4-15(5-3-14)32-12-20(23)27/h2-10H,11-12H2,1H3,(H2,23,27)(H2,24,25). The Morgan fingerprint density at radius 2 is 1.74 bits per heavy atom. The Balaban J connectivity index is 1.54. The molecule has 0 aliphatic carbocycles. The summed E-state index contributed by atoms with van der Waals surface area (Å²) in [5.74, 6) is -0.531. The van der Waals surface area contributed by atoms with Crippen molar-refractivity contribution in [3.63, 3.8) is 0 Å². The number of nitro benzene ring substituents is 1. The van der Waals surface area contributed by atoms with Crippen LogP contribution >= 0.6 is 0 Å². The normalized spacial score (nSPS) is 11.0.